The maximum absolute atomic E-state index is 13.5. The third kappa shape index (κ3) is 1.63. The van der Waals surface area contributed by atoms with Gasteiger partial charge in [0.15, 0.2) is 0 Å². The zero-order valence-electron chi connectivity index (χ0n) is 8.79. The van der Waals surface area contributed by atoms with E-state index in [0.29, 0.717) is 29.8 Å². The number of aliphatic carboxylic acids is 1. The van der Waals surface area contributed by atoms with Gasteiger partial charge >= 0.3 is 5.97 Å². The molecular formula is C11H12FNO3. The maximum atomic E-state index is 13.5. The molecule has 0 spiro atoms. The Hall–Kier alpha value is -1.62. The number of carbonyl (C=O) groups is 1. The van der Waals surface area contributed by atoms with Crippen molar-refractivity contribution in [2.24, 2.45) is 0 Å². The summed E-state index contributed by atoms with van der Waals surface area (Å²) in [6.45, 7) is 0.452. The van der Waals surface area contributed by atoms with Crippen LogP contribution in [0.15, 0.2) is 12.1 Å². The Morgan fingerprint density at radius 1 is 1.62 bits per heavy atom. The number of hydrogen-bond donors (Lipinski definition) is 2. The van der Waals surface area contributed by atoms with Gasteiger partial charge in [0.2, 0.25) is 0 Å². The van der Waals surface area contributed by atoms with Crippen molar-refractivity contribution >= 4 is 5.97 Å². The summed E-state index contributed by atoms with van der Waals surface area (Å²) in [7, 11) is 1.45. The fourth-order valence-corrected chi connectivity index (χ4v) is 2.02. The van der Waals surface area contributed by atoms with E-state index in [1.165, 1.54) is 19.2 Å². The van der Waals surface area contributed by atoms with Gasteiger partial charge in [-0.05, 0) is 24.1 Å². The van der Waals surface area contributed by atoms with E-state index >= 15 is 0 Å². The average Bonchev–Trinajstić information content (AvgIpc) is 2.29. The Kier molecular flexibility index (Phi) is 2.78. The Balaban J connectivity index is 2.60. The van der Waals surface area contributed by atoms with Crippen LogP contribution in [0, 0.1) is 5.82 Å². The lowest BCUT2D eigenvalue weighted by atomic mass is 9.93. The van der Waals surface area contributed by atoms with Gasteiger partial charge in [-0.25, -0.2) is 4.39 Å². The second-order valence-corrected chi connectivity index (χ2v) is 3.62. The van der Waals surface area contributed by atoms with Crippen molar-refractivity contribution in [2.75, 3.05) is 13.7 Å². The van der Waals surface area contributed by atoms with E-state index in [0.717, 1.165) is 0 Å². The first kappa shape index (κ1) is 10.9. The van der Waals surface area contributed by atoms with E-state index in [2.05, 4.69) is 5.32 Å². The number of carboxylic acid groups (broad SMARTS) is 1. The van der Waals surface area contributed by atoms with E-state index in [1.54, 1.807) is 0 Å². The summed E-state index contributed by atoms with van der Waals surface area (Å²) < 4.78 is 18.6. The van der Waals surface area contributed by atoms with Crippen molar-refractivity contribution in [2.45, 2.75) is 12.5 Å². The summed E-state index contributed by atoms with van der Waals surface area (Å²) in [5.41, 5.74) is 0.840. The molecule has 1 aromatic carbocycles. The number of methoxy groups -OCH3 is 1. The minimum absolute atomic E-state index is 0.372. The zero-order valence-corrected chi connectivity index (χ0v) is 8.79. The van der Waals surface area contributed by atoms with Crippen LogP contribution >= 0.6 is 0 Å². The Morgan fingerprint density at radius 2 is 2.38 bits per heavy atom. The minimum Gasteiger partial charge on any atom is -0.496 e. The minimum atomic E-state index is -1.02. The fourth-order valence-electron chi connectivity index (χ4n) is 2.02. The van der Waals surface area contributed by atoms with Crippen molar-refractivity contribution in [1.29, 1.82) is 0 Å². The SMILES string of the molecule is COc1ccc(F)c2c1C(C(=O)O)NCC2. The second kappa shape index (κ2) is 4.09. The van der Waals surface area contributed by atoms with Gasteiger partial charge in [-0.2, -0.15) is 0 Å². The first-order chi connectivity index (χ1) is 7.65. The molecule has 5 heteroatoms. The number of rotatable bonds is 2. The summed E-state index contributed by atoms with van der Waals surface area (Å²) >= 11 is 0. The molecule has 0 saturated carbocycles. The predicted molar refractivity (Wildman–Crippen MR) is 55.0 cm³/mol. The Labute approximate surface area is 92.0 Å². The molecule has 1 unspecified atom stereocenters. The number of carboxylic acids is 1. The number of hydrogen-bond acceptors (Lipinski definition) is 3. The molecule has 0 radical (unpaired) electrons. The quantitative estimate of drug-likeness (QED) is 0.791. The van der Waals surface area contributed by atoms with Crippen LogP contribution in [0.3, 0.4) is 0 Å². The molecule has 1 heterocycles. The van der Waals surface area contributed by atoms with Crippen LogP contribution in [-0.4, -0.2) is 24.7 Å². The molecule has 2 N–H and O–H groups in total. The highest BCUT2D eigenvalue weighted by Gasteiger charge is 2.30. The van der Waals surface area contributed by atoms with E-state index in [9.17, 15) is 9.18 Å². The standard InChI is InChI=1S/C11H12FNO3/c1-16-8-3-2-7(12)6-4-5-13-10(9(6)8)11(14)15/h2-3,10,13H,4-5H2,1H3,(H,14,15). The topological polar surface area (TPSA) is 58.6 Å². The number of halogens is 1. The Morgan fingerprint density at radius 3 is 3.00 bits per heavy atom. The van der Waals surface area contributed by atoms with Crippen LogP contribution in [0.2, 0.25) is 0 Å². The normalized spacial score (nSPS) is 19.0. The van der Waals surface area contributed by atoms with Crippen LogP contribution in [-0.2, 0) is 11.2 Å². The van der Waals surface area contributed by atoms with Crippen LogP contribution in [0.5, 0.6) is 5.75 Å². The lowest BCUT2D eigenvalue weighted by Crippen LogP contribution is -2.35. The summed E-state index contributed by atoms with van der Waals surface area (Å²) in [6, 6.07) is 1.87. The van der Waals surface area contributed by atoms with E-state index in [-0.39, 0.29) is 5.82 Å². The second-order valence-electron chi connectivity index (χ2n) is 3.62. The third-order valence-corrected chi connectivity index (χ3v) is 2.74. The smallest absolute Gasteiger partial charge is 0.325 e. The fraction of sp³-hybridized carbons (Fsp3) is 0.364. The summed E-state index contributed by atoms with van der Waals surface area (Å²) in [6.07, 6.45) is 0.474. The molecule has 16 heavy (non-hydrogen) atoms. The van der Waals surface area contributed by atoms with Gasteiger partial charge in [0, 0.05) is 12.1 Å². The van der Waals surface area contributed by atoms with Crippen molar-refractivity contribution in [3.05, 3.63) is 29.1 Å². The lowest BCUT2D eigenvalue weighted by Gasteiger charge is -2.25. The molecule has 1 aliphatic heterocycles. The highest BCUT2D eigenvalue weighted by atomic mass is 19.1. The number of benzene rings is 1. The molecule has 1 aliphatic rings. The lowest BCUT2D eigenvalue weighted by molar-refractivity contribution is -0.139. The van der Waals surface area contributed by atoms with E-state index < -0.39 is 12.0 Å². The largest absolute Gasteiger partial charge is 0.496 e. The Bertz CT molecular complexity index is 433. The summed E-state index contributed by atoms with van der Waals surface area (Å²) in [5, 5.41) is 11.9. The van der Waals surface area contributed by atoms with Crippen LogP contribution in [0.4, 0.5) is 4.39 Å². The predicted octanol–water partition coefficient (Wildman–Crippen LogP) is 1.11. The molecule has 1 aromatic rings. The number of nitrogens with one attached hydrogen (secondary N) is 1. The van der Waals surface area contributed by atoms with Gasteiger partial charge in [0.25, 0.3) is 0 Å². The van der Waals surface area contributed by atoms with Crippen molar-refractivity contribution in [3.8, 4) is 5.75 Å². The highest BCUT2D eigenvalue weighted by Crippen LogP contribution is 2.33. The molecule has 86 valence electrons. The highest BCUT2D eigenvalue weighted by molar-refractivity contribution is 5.78. The monoisotopic (exact) mass is 225 g/mol. The van der Waals surface area contributed by atoms with Gasteiger partial charge in [-0.15, -0.1) is 0 Å². The molecule has 0 fully saturated rings. The zero-order chi connectivity index (χ0) is 11.7. The van der Waals surface area contributed by atoms with E-state index in [4.69, 9.17) is 9.84 Å². The first-order valence-corrected chi connectivity index (χ1v) is 4.96. The van der Waals surface area contributed by atoms with Crippen molar-refractivity contribution in [1.82, 2.24) is 5.32 Å². The van der Waals surface area contributed by atoms with Crippen LogP contribution < -0.4 is 10.1 Å². The van der Waals surface area contributed by atoms with Gasteiger partial charge in [-0.1, -0.05) is 0 Å². The molecule has 0 saturated heterocycles. The average molecular weight is 225 g/mol. The van der Waals surface area contributed by atoms with E-state index in [1.807, 2.05) is 0 Å². The van der Waals surface area contributed by atoms with Crippen LogP contribution in [0.25, 0.3) is 0 Å². The third-order valence-electron chi connectivity index (χ3n) is 2.74. The van der Waals surface area contributed by atoms with Gasteiger partial charge < -0.3 is 15.2 Å². The maximum Gasteiger partial charge on any atom is 0.325 e. The number of ether oxygens (including phenoxy) is 1. The molecular weight excluding hydrogens is 213 g/mol. The van der Waals surface area contributed by atoms with Gasteiger partial charge in [0.05, 0.1) is 7.11 Å². The molecule has 0 amide bonds. The van der Waals surface area contributed by atoms with Crippen molar-refractivity contribution in [3.63, 3.8) is 0 Å². The molecule has 1 atom stereocenters. The summed E-state index contributed by atoms with van der Waals surface area (Å²) in [4.78, 5) is 11.1. The van der Waals surface area contributed by atoms with Crippen molar-refractivity contribution < 1.29 is 19.0 Å². The molecule has 2 rings (SSSR count). The molecule has 4 nitrogen and oxygen atoms in total. The number of fused-ring (bicyclic) bond motifs is 1. The van der Waals surface area contributed by atoms with Gasteiger partial charge in [-0.3, -0.25) is 4.79 Å². The first-order valence-electron chi connectivity index (χ1n) is 4.96. The van der Waals surface area contributed by atoms with Crippen LogP contribution in [0.1, 0.15) is 17.2 Å². The summed E-state index contributed by atoms with van der Waals surface area (Å²) in [5.74, 6) is -0.982. The molecule has 0 bridgehead atoms. The molecule has 0 aromatic heterocycles. The molecule has 0 aliphatic carbocycles. The van der Waals surface area contributed by atoms with Gasteiger partial charge in [0.1, 0.15) is 17.6 Å².